The number of halogens is 2. The van der Waals surface area contributed by atoms with Gasteiger partial charge in [-0.1, -0.05) is 67.4 Å². The topological polar surface area (TPSA) is 49.4 Å². The van der Waals surface area contributed by atoms with Crippen LogP contribution in [0.1, 0.15) is 70.6 Å². The molecule has 2 rings (SSSR count). The third-order valence-corrected chi connectivity index (χ3v) is 6.04. The smallest absolute Gasteiger partial charge is 0.242 e. The maximum absolute atomic E-state index is 13.3. The molecule has 0 saturated carbocycles. The van der Waals surface area contributed by atoms with Crippen LogP contribution in [0.4, 0.5) is 0 Å². The average Bonchev–Trinajstić information content (AvgIpc) is 2.70. The summed E-state index contributed by atoms with van der Waals surface area (Å²) in [6.45, 7) is 11.9. The van der Waals surface area contributed by atoms with Crippen LogP contribution in [0.2, 0.25) is 10.0 Å². The van der Waals surface area contributed by atoms with Crippen molar-refractivity contribution in [2.45, 2.75) is 78.4 Å². The molecule has 1 N–H and O–H groups in total. The summed E-state index contributed by atoms with van der Waals surface area (Å²) in [5.41, 5.74) is 2.59. The molecule has 0 aromatic heterocycles. The fourth-order valence-electron chi connectivity index (χ4n) is 3.37. The van der Waals surface area contributed by atoms with Crippen LogP contribution < -0.4 is 5.32 Å². The molecule has 2 aromatic rings. The van der Waals surface area contributed by atoms with Crippen molar-refractivity contribution in [2.75, 3.05) is 0 Å². The van der Waals surface area contributed by atoms with Crippen molar-refractivity contribution in [3.05, 3.63) is 69.2 Å². The molecule has 4 nitrogen and oxygen atoms in total. The summed E-state index contributed by atoms with van der Waals surface area (Å²) in [5.74, 6) is 0.129. The van der Waals surface area contributed by atoms with E-state index in [1.165, 1.54) is 5.56 Å². The van der Waals surface area contributed by atoms with Crippen LogP contribution >= 0.6 is 23.2 Å². The Bertz CT molecular complexity index is 914. The lowest BCUT2D eigenvalue weighted by Crippen LogP contribution is -2.52. The van der Waals surface area contributed by atoms with Gasteiger partial charge in [-0.2, -0.15) is 0 Å². The third kappa shape index (κ3) is 7.53. The number of nitrogens with zero attached hydrogens (tertiary/aromatic N) is 1. The summed E-state index contributed by atoms with van der Waals surface area (Å²) in [6.07, 6.45) is 0.883. The van der Waals surface area contributed by atoms with E-state index >= 15 is 0 Å². The van der Waals surface area contributed by atoms with Gasteiger partial charge < -0.3 is 10.2 Å². The molecule has 2 amide bonds. The van der Waals surface area contributed by atoms with E-state index in [0.717, 1.165) is 5.56 Å². The van der Waals surface area contributed by atoms with Gasteiger partial charge in [0.1, 0.15) is 6.04 Å². The van der Waals surface area contributed by atoms with Crippen LogP contribution in [0.5, 0.6) is 0 Å². The zero-order chi connectivity index (χ0) is 24.1. The first-order valence-electron chi connectivity index (χ1n) is 11.0. The molecule has 1 unspecified atom stereocenters. The molecule has 0 heterocycles. The summed E-state index contributed by atoms with van der Waals surface area (Å²) in [6, 6.07) is 12.9. The number of nitrogens with one attached hydrogen (secondary N) is 1. The van der Waals surface area contributed by atoms with Gasteiger partial charge in [-0.3, -0.25) is 9.59 Å². The number of carbonyl (C=O) groups excluding carboxylic acids is 2. The van der Waals surface area contributed by atoms with Crippen LogP contribution in [0.3, 0.4) is 0 Å². The van der Waals surface area contributed by atoms with Crippen LogP contribution in [-0.2, 0) is 22.6 Å². The van der Waals surface area contributed by atoms with Gasteiger partial charge in [0, 0.05) is 34.1 Å². The SMILES string of the molecule is CC(C)c1ccc(CCC(=O)N(Cc2c(Cl)cccc2Cl)C(C)C(=O)NC(C)(C)C)cc1. The van der Waals surface area contributed by atoms with E-state index in [9.17, 15) is 9.59 Å². The second kappa shape index (κ2) is 11.2. The van der Waals surface area contributed by atoms with Gasteiger partial charge in [0.25, 0.3) is 0 Å². The zero-order valence-electron chi connectivity index (χ0n) is 19.8. The maximum atomic E-state index is 13.3. The lowest BCUT2D eigenvalue weighted by molar-refractivity contribution is -0.141. The van der Waals surface area contributed by atoms with Gasteiger partial charge in [-0.15, -0.1) is 0 Å². The molecular weight excluding hydrogens is 443 g/mol. The Morgan fingerprint density at radius 2 is 1.53 bits per heavy atom. The van der Waals surface area contributed by atoms with Gasteiger partial charge in [0.15, 0.2) is 0 Å². The average molecular weight is 477 g/mol. The van der Waals surface area contributed by atoms with Gasteiger partial charge in [-0.05, 0) is 63.3 Å². The maximum Gasteiger partial charge on any atom is 0.242 e. The van der Waals surface area contributed by atoms with Crippen molar-refractivity contribution >= 4 is 35.0 Å². The predicted octanol–water partition coefficient (Wildman–Crippen LogP) is 6.38. The van der Waals surface area contributed by atoms with Gasteiger partial charge >= 0.3 is 0 Å². The molecule has 0 spiro atoms. The molecule has 1 atom stereocenters. The van der Waals surface area contributed by atoms with E-state index in [1.807, 2.05) is 20.8 Å². The quantitative estimate of drug-likeness (QED) is 0.480. The molecule has 0 aliphatic carbocycles. The summed E-state index contributed by atoms with van der Waals surface area (Å²) < 4.78 is 0. The Morgan fingerprint density at radius 3 is 2.03 bits per heavy atom. The minimum atomic E-state index is -0.669. The summed E-state index contributed by atoms with van der Waals surface area (Å²) >= 11 is 12.7. The molecule has 6 heteroatoms. The summed E-state index contributed by atoms with van der Waals surface area (Å²) in [7, 11) is 0. The number of aryl methyl sites for hydroxylation is 1. The summed E-state index contributed by atoms with van der Waals surface area (Å²) in [4.78, 5) is 27.7. The number of amides is 2. The van der Waals surface area contributed by atoms with E-state index < -0.39 is 11.6 Å². The Kier molecular flexibility index (Phi) is 9.18. The first-order chi connectivity index (χ1) is 14.9. The van der Waals surface area contributed by atoms with Crippen LogP contribution in [0.15, 0.2) is 42.5 Å². The van der Waals surface area contributed by atoms with E-state index in [4.69, 9.17) is 23.2 Å². The van der Waals surface area contributed by atoms with E-state index in [-0.39, 0.29) is 24.8 Å². The molecular formula is C26H34Cl2N2O2. The van der Waals surface area contributed by atoms with Crippen LogP contribution in [0, 0.1) is 0 Å². The highest BCUT2D eigenvalue weighted by Crippen LogP contribution is 2.27. The highest BCUT2D eigenvalue weighted by molar-refractivity contribution is 6.36. The minimum absolute atomic E-state index is 0.120. The molecule has 0 bridgehead atoms. The number of rotatable bonds is 8. The van der Waals surface area contributed by atoms with Crippen LogP contribution in [-0.4, -0.2) is 28.3 Å². The minimum Gasteiger partial charge on any atom is -0.350 e. The molecule has 2 aromatic carbocycles. The van der Waals surface area contributed by atoms with Crippen molar-refractivity contribution in [1.82, 2.24) is 10.2 Å². The van der Waals surface area contributed by atoms with Gasteiger partial charge in [0.2, 0.25) is 11.8 Å². The number of benzene rings is 2. The highest BCUT2D eigenvalue weighted by Gasteiger charge is 2.29. The molecule has 0 radical (unpaired) electrons. The van der Waals surface area contributed by atoms with Crippen molar-refractivity contribution in [1.29, 1.82) is 0 Å². The monoisotopic (exact) mass is 476 g/mol. The second-order valence-electron chi connectivity index (χ2n) is 9.53. The van der Waals surface area contributed by atoms with Crippen molar-refractivity contribution in [3.8, 4) is 0 Å². The molecule has 0 fully saturated rings. The Hall–Kier alpha value is -2.04. The van der Waals surface area contributed by atoms with E-state index in [2.05, 4.69) is 43.4 Å². The summed E-state index contributed by atoms with van der Waals surface area (Å²) in [5, 5.41) is 3.91. The first-order valence-corrected chi connectivity index (χ1v) is 11.8. The largest absolute Gasteiger partial charge is 0.350 e. The first kappa shape index (κ1) is 26.2. The Labute approximate surface area is 202 Å². The van der Waals surface area contributed by atoms with Gasteiger partial charge in [0.05, 0.1) is 0 Å². The lowest BCUT2D eigenvalue weighted by atomic mass is 10.00. The highest BCUT2D eigenvalue weighted by atomic mass is 35.5. The molecule has 0 aliphatic rings. The normalized spacial score (nSPS) is 12.5. The van der Waals surface area contributed by atoms with Gasteiger partial charge in [-0.25, -0.2) is 0 Å². The molecule has 0 saturated heterocycles. The number of hydrogen-bond donors (Lipinski definition) is 1. The Balaban J connectivity index is 2.22. The number of hydrogen-bond acceptors (Lipinski definition) is 2. The fourth-order valence-corrected chi connectivity index (χ4v) is 3.89. The Morgan fingerprint density at radius 1 is 0.969 bits per heavy atom. The van der Waals surface area contributed by atoms with Crippen molar-refractivity contribution in [3.63, 3.8) is 0 Å². The second-order valence-corrected chi connectivity index (χ2v) is 10.3. The van der Waals surface area contributed by atoms with E-state index in [0.29, 0.717) is 27.9 Å². The lowest BCUT2D eigenvalue weighted by Gasteiger charge is -2.32. The molecule has 0 aliphatic heterocycles. The predicted molar refractivity (Wildman–Crippen MR) is 133 cm³/mol. The zero-order valence-corrected chi connectivity index (χ0v) is 21.3. The third-order valence-electron chi connectivity index (χ3n) is 5.33. The molecule has 32 heavy (non-hydrogen) atoms. The fraction of sp³-hybridized carbons (Fsp3) is 0.462. The van der Waals surface area contributed by atoms with Crippen LogP contribution in [0.25, 0.3) is 0 Å². The standard InChI is InChI=1S/C26H34Cl2N2O2/c1-17(2)20-13-10-19(11-14-20)12-15-24(31)30(18(3)25(32)29-26(4,5)6)16-21-22(27)8-7-9-23(21)28/h7-11,13-14,17-18H,12,15-16H2,1-6H3,(H,29,32). The molecule has 174 valence electrons. The number of carbonyl (C=O) groups is 2. The van der Waals surface area contributed by atoms with E-state index in [1.54, 1.807) is 30.0 Å². The van der Waals surface area contributed by atoms with Crippen molar-refractivity contribution < 1.29 is 9.59 Å². The van der Waals surface area contributed by atoms with Crippen molar-refractivity contribution in [2.24, 2.45) is 0 Å².